The van der Waals surface area contributed by atoms with E-state index in [4.69, 9.17) is 4.42 Å². The molecule has 3 aliphatic heterocycles. The molecule has 4 aliphatic rings. The molecule has 1 aliphatic carbocycles. The quantitative estimate of drug-likeness (QED) is 0.0647. The predicted molar refractivity (Wildman–Crippen MR) is 275 cm³/mol. The van der Waals surface area contributed by atoms with Gasteiger partial charge in [0.1, 0.15) is 23.2 Å². The minimum absolute atomic E-state index is 0.132. The number of hydrogen-bond donors (Lipinski definition) is 1. The fraction of sp³-hybridized carbons (Fsp3) is 0.367. The number of aliphatic carboxylic acids is 1. The molecule has 9 heteroatoms. The third-order valence-electron chi connectivity index (χ3n) is 15.2. The van der Waals surface area contributed by atoms with Gasteiger partial charge in [-0.15, -0.1) is 0 Å². The Bertz CT molecular complexity index is 2880. The second kappa shape index (κ2) is 20.4. The van der Waals surface area contributed by atoms with E-state index in [0.29, 0.717) is 53.3 Å². The summed E-state index contributed by atoms with van der Waals surface area (Å²) in [6.07, 6.45) is 12.9. The molecule has 4 unspecified atom stereocenters. The Hall–Kier alpha value is -6.92. The van der Waals surface area contributed by atoms with Crippen molar-refractivity contribution in [3.8, 4) is 28.5 Å². The molecule has 1 aromatic heterocycles. The van der Waals surface area contributed by atoms with Crippen molar-refractivity contribution >= 4 is 46.6 Å². The third kappa shape index (κ3) is 9.10. The van der Waals surface area contributed by atoms with Gasteiger partial charge in [0.2, 0.25) is 0 Å². The van der Waals surface area contributed by atoms with Gasteiger partial charge in [-0.2, -0.15) is 5.26 Å². The van der Waals surface area contributed by atoms with Crippen LogP contribution in [0.25, 0.3) is 39.9 Å². The van der Waals surface area contributed by atoms with Gasteiger partial charge in [-0.1, -0.05) is 145 Å². The number of aryl methyl sites for hydroxylation is 1. The van der Waals surface area contributed by atoms with Crippen molar-refractivity contribution in [3.05, 3.63) is 148 Å². The van der Waals surface area contributed by atoms with Crippen molar-refractivity contribution < 1.29 is 23.9 Å². The lowest BCUT2D eigenvalue weighted by atomic mass is 9.93. The first-order valence-corrected chi connectivity index (χ1v) is 25.4. The lowest BCUT2D eigenvalue weighted by molar-refractivity contribution is -0.132. The number of amides is 2. The summed E-state index contributed by atoms with van der Waals surface area (Å²) < 4.78 is 5.96. The van der Waals surface area contributed by atoms with Crippen LogP contribution < -0.4 is 4.90 Å². The maximum Gasteiger partial charge on any atom is 0.346 e. The van der Waals surface area contributed by atoms with Crippen LogP contribution in [0.3, 0.4) is 0 Å². The fourth-order valence-corrected chi connectivity index (χ4v) is 11.3. The molecule has 0 saturated heterocycles. The van der Waals surface area contributed by atoms with Crippen LogP contribution in [0.5, 0.6) is 0 Å². The van der Waals surface area contributed by atoms with Gasteiger partial charge in [-0.25, -0.2) is 4.79 Å². The van der Waals surface area contributed by atoms with Crippen molar-refractivity contribution in [1.29, 1.82) is 5.26 Å². The number of unbranched alkanes of at least 4 members (excludes halogenated alkanes) is 2. The molecular weight excluding hydrogens is 857 g/mol. The van der Waals surface area contributed by atoms with Crippen molar-refractivity contribution in [3.63, 3.8) is 0 Å². The SMILES string of the molecule is CCCCC(CC)CN1C(=O)C2=C(c3ccc(-c4ccc(/C=C(\C#N)C(=O)O)o4)cc3)N(CC(CC)CCCC)C(=O)C2=C1c1ccc(-c2ccc3c(c2)C2CCCC2N3c2ccc(C)cc2)cc1. The summed E-state index contributed by atoms with van der Waals surface area (Å²) in [5, 5.41) is 18.6. The van der Waals surface area contributed by atoms with E-state index in [0.717, 1.165) is 73.6 Å². The molecule has 0 bridgehead atoms. The highest BCUT2D eigenvalue weighted by Crippen LogP contribution is 2.53. The van der Waals surface area contributed by atoms with E-state index in [1.54, 1.807) is 18.2 Å². The summed E-state index contributed by atoms with van der Waals surface area (Å²) in [6.45, 7) is 11.9. The topological polar surface area (TPSA) is 118 Å². The number of hydrogen-bond acceptors (Lipinski definition) is 6. The Morgan fingerprint density at radius 1 is 0.725 bits per heavy atom. The summed E-state index contributed by atoms with van der Waals surface area (Å²) in [4.78, 5) is 48.5. The molecule has 5 aromatic rings. The number of carbonyl (C=O) groups is 3. The van der Waals surface area contributed by atoms with Crippen molar-refractivity contribution in [1.82, 2.24) is 9.80 Å². The monoisotopic (exact) mass is 920 g/mol. The predicted octanol–water partition coefficient (Wildman–Crippen LogP) is 13.9. The van der Waals surface area contributed by atoms with Crippen molar-refractivity contribution in [2.45, 2.75) is 117 Å². The molecule has 0 radical (unpaired) electrons. The van der Waals surface area contributed by atoms with Crippen LogP contribution in [-0.2, 0) is 14.4 Å². The minimum Gasteiger partial charge on any atom is -0.477 e. The Balaban J connectivity index is 1.12. The van der Waals surface area contributed by atoms with Gasteiger partial charge in [0.15, 0.2) is 0 Å². The highest BCUT2D eigenvalue weighted by Gasteiger charge is 2.49. The molecule has 354 valence electrons. The Kier molecular flexibility index (Phi) is 13.9. The maximum atomic E-state index is 15.3. The highest BCUT2D eigenvalue weighted by atomic mass is 16.4. The number of carboxylic acids is 1. The summed E-state index contributed by atoms with van der Waals surface area (Å²) >= 11 is 0. The first-order chi connectivity index (χ1) is 33.6. The number of rotatable bonds is 19. The second-order valence-corrected chi connectivity index (χ2v) is 19.5. The van der Waals surface area contributed by atoms with E-state index in [2.05, 4.69) is 106 Å². The molecule has 69 heavy (non-hydrogen) atoms. The largest absolute Gasteiger partial charge is 0.477 e. The Morgan fingerprint density at radius 2 is 1.28 bits per heavy atom. The van der Waals surface area contributed by atoms with Crippen LogP contribution in [0.15, 0.2) is 124 Å². The van der Waals surface area contributed by atoms with E-state index in [1.807, 2.05) is 34.1 Å². The zero-order valence-corrected chi connectivity index (χ0v) is 40.8. The molecular formula is C60H64N4O5. The van der Waals surface area contributed by atoms with Gasteiger partial charge in [0.25, 0.3) is 11.8 Å². The zero-order valence-electron chi connectivity index (χ0n) is 40.8. The number of fused-ring (bicyclic) bond motifs is 4. The molecule has 1 N–H and O–H groups in total. The third-order valence-corrected chi connectivity index (χ3v) is 15.2. The first kappa shape index (κ1) is 47.2. The summed E-state index contributed by atoms with van der Waals surface area (Å²) in [6, 6.07) is 37.6. The van der Waals surface area contributed by atoms with Gasteiger partial charge in [0, 0.05) is 48.1 Å². The fourth-order valence-electron chi connectivity index (χ4n) is 11.3. The summed E-state index contributed by atoms with van der Waals surface area (Å²) in [7, 11) is 0. The molecule has 1 fully saturated rings. The van der Waals surface area contributed by atoms with Crippen LogP contribution in [0, 0.1) is 30.1 Å². The molecule has 0 spiro atoms. The number of nitriles is 1. The van der Waals surface area contributed by atoms with E-state index in [9.17, 15) is 15.2 Å². The van der Waals surface area contributed by atoms with Gasteiger partial charge in [0.05, 0.1) is 22.5 Å². The van der Waals surface area contributed by atoms with E-state index in [-0.39, 0.29) is 29.4 Å². The van der Waals surface area contributed by atoms with Crippen LogP contribution >= 0.6 is 0 Å². The minimum atomic E-state index is -1.33. The first-order valence-electron chi connectivity index (χ1n) is 25.4. The van der Waals surface area contributed by atoms with Crippen LogP contribution in [0.2, 0.25) is 0 Å². The van der Waals surface area contributed by atoms with Crippen LogP contribution in [0.1, 0.15) is 132 Å². The van der Waals surface area contributed by atoms with Crippen molar-refractivity contribution in [2.24, 2.45) is 11.8 Å². The smallest absolute Gasteiger partial charge is 0.346 e. The molecule has 4 atom stereocenters. The summed E-state index contributed by atoms with van der Waals surface area (Å²) in [5.41, 5.74) is 11.7. The van der Waals surface area contributed by atoms with Gasteiger partial charge >= 0.3 is 5.97 Å². The number of benzene rings is 4. The number of furan rings is 1. The van der Waals surface area contributed by atoms with Gasteiger partial charge in [-0.3, -0.25) is 9.59 Å². The average Bonchev–Trinajstić information content (AvgIpc) is 4.20. The molecule has 2 amide bonds. The van der Waals surface area contributed by atoms with E-state index < -0.39 is 11.5 Å². The molecule has 4 heterocycles. The number of carbonyl (C=O) groups excluding carboxylic acids is 2. The van der Waals surface area contributed by atoms with Gasteiger partial charge < -0.3 is 24.2 Å². The standard InChI is InChI=1S/C60H64N4O5/c1-6-10-13-39(8-3)36-62-56(43-23-19-41(20-24-43)45-27-31-52-50(34-45)49-15-12-16-51(49)64(52)47-28-17-38(5)18-29-47)54-55(59(62)66)57(63(58(54)65)37-40(9-4)14-11-7-2)44-25-21-42(22-26-44)53-32-30-48(69-53)33-46(35-61)60(67)68/h17-34,39-40,49,51H,6-16,36-37H2,1-5H3,(H,67,68)/b46-33+. The van der Waals surface area contributed by atoms with E-state index in [1.165, 1.54) is 53.4 Å². The van der Waals surface area contributed by atoms with Crippen LogP contribution in [-0.4, -0.2) is 51.8 Å². The molecule has 4 aromatic carbocycles. The number of anilines is 2. The molecule has 9 nitrogen and oxygen atoms in total. The normalized spacial score (nSPS) is 18.6. The Morgan fingerprint density at radius 3 is 1.81 bits per heavy atom. The van der Waals surface area contributed by atoms with E-state index >= 15 is 9.59 Å². The highest BCUT2D eigenvalue weighted by molar-refractivity contribution is 6.30. The number of carboxylic acid groups (broad SMARTS) is 1. The summed E-state index contributed by atoms with van der Waals surface area (Å²) in [5.74, 6) is 0.179. The lowest BCUT2D eigenvalue weighted by Crippen LogP contribution is -2.34. The van der Waals surface area contributed by atoms with Gasteiger partial charge in [-0.05, 0) is 109 Å². The average molecular weight is 921 g/mol. The maximum absolute atomic E-state index is 15.3. The second-order valence-electron chi connectivity index (χ2n) is 19.5. The zero-order chi connectivity index (χ0) is 48.3. The Labute approximate surface area is 407 Å². The van der Waals surface area contributed by atoms with Crippen LogP contribution in [0.4, 0.5) is 11.4 Å². The number of nitrogens with zero attached hydrogens (tertiary/aromatic N) is 4. The van der Waals surface area contributed by atoms with Crippen molar-refractivity contribution in [2.75, 3.05) is 18.0 Å². The molecule has 9 rings (SSSR count). The molecule has 1 saturated carbocycles. The lowest BCUT2D eigenvalue weighted by Gasteiger charge is -2.29.